The molecule has 4 N–H and O–H groups in total. The molecule has 0 radical (unpaired) electrons. The highest BCUT2D eigenvalue weighted by atomic mass is 16.7. The number of amides is 2. The average Bonchev–Trinajstić information content (AvgIpc) is 3.12. The number of hydrogen-bond acceptors (Lipinski definition) is 13. The van der Waals surface area contributed by atoms with Crippen LogP contribution in [0.4, 0.5) is 4.79 Å². The summed E-state index contributed by atoms with van der Waals surface area (Å²) >= 11 is 0. The predicted octanol–water partition coefficient (Wildman–Crippen LogP) is 2.18. The van der Waals surface area contributed by atoms with Gasteiger partial charge in [-0.2, -0.15) is 0 Å². The topological polar surface area (TPSA) is 191 Å². The van der Waals surface area contributed by atoms with Gasteiger partial charge in [-0.05, 0) is 52.0 Å². The third-order valence-corrected chi connectivity index (χ3v) is 9.30. The summed E-state index contributed by atoms with van der Waals surface area (Å²) in [5.41, 5.74) is 3.11. The zero-order chi connectivity index (χ0) is 38.2. The number of ketones is 2. The Morgan fingerprint density at radius 3 is 2.52 bits per heavy atom. The van der Waals surface area contributed by atoms with Crippen molar-refractivity contribution in [1.82, 2.24) is 21.0 Å². The van der Waals surface area contributed by atoms with Gasteiger partial charge in [-0.1, -0.05) is 43.7 Å². The molecule has 15 heteroatoms. The van der Waals surface area contributed by atoms with Crippen LogP contribution in [-0.2, 0) is 43.0 Å². The fourth-order valence-electron chi connectivity index (χ4n) is 6.29. The molecule has 6 atom stereocenters. The number of fused-ring (bicyclic) bond motifs is 2. The molecule has 1 saturated heterocycles. The van der Waals surface area contributed by atoms with E-state index in [9.17, 15) is 29.1 Å². The summed E-state index contributed by atoms with van der Waals surface area (Å²) in [5, 5.41) is 16.4. The molecule has 288 valence electrons. The summed E-state index contributed by atoms with van der Waals surface area (Å²) in [4.78, 5) is 71.5. The number of morpholine rings is 1. The number of nitrogens with zero attached hydrogens (tertiary/aromatic N) is 1. The van der Waals surface area contributed by atoms with Crippen LogP contribution in [-0.4, -0.2) is 118 Å². The van der Waals surface area contributed by atoms with E-state index < -0.39 is 53.8 Å². The van der Waals surface area contributed by atoms with Crippen molar-refractivity contribution in [3.63, 3.8) is 0 Å². The van der Waals surface area contributed by atoms with Gasteiger partial charge in [0, 0.05) is 50.4 Å². The van der Waals surface area contributed by atoms with Crippen molar-refractivity contribution in [2.45, 2.75) is 77.7 Å². The molecule has 0 aromatic carbocycles. The number of alkyl carbamates (subject to hydrolysis) is 1. The summed E-state index contributed by atoms with van der Waals surface area (Å²) in [6.45, 7) is 11.3. The van der Waals surface area contributed by atoms with Gasteiger partial charge in [0.1, 0.15) is 0 Å². The van der Waals surface area contributed by atoms with Gasteiger partial charge in [0.2, 0.25) is 11.6 Å². The minimum atomic E-state index is -0.998. The minimum Gasteiger partial charge on any atom is -0.449 e. The van der Waals surface area contributed by atoms with E-state index in [0.29, 0.717) is 25.2 Å². The molecule has 2 amide bonds. The number of allylic oxidation sites excluding steroid dienone is 4. The third-order valence-electron chi connectivity index (χ3n) is 9.30. The Balaban J connectivity index is 1.89. The van der Waals surface area contributed by atoms with E-state index >= 15 is 0 Å². The third kappa shape index (κ3) is 12.6. The number of nitrogens with one attached hydrogen (secondary N) is 3. The smallest absolute Gasteiger partial charge is 0.411 e. The maximum atomic E-state index is 13.9. The number of carbonyl (C=O) groups is 5. The lowest BCUT2D eigenvalue weighted by Crippen LogP contribution is -2.41. The predicted molar refractivity (Wildman–Crippen MR) is 190 cm³/mol. The largest absolute Gasteiger partial charge is 0.449 e. The molecule has 0 unspecified atom stereocenters. The molecule has 52 heavy (non-hydrogen) atoms. The van der Waals surface area contributed by atoms with Crippen LogP contribution < -0.4 is 16.1 Å². The van der Waals surface area contributed by atoms with E-state index in [-0.39, 0.29) is 54.4 Å². The number of unbranched alkanes of at least 4 members (excludes halogenated alkanes) is 1. The van der Waals surface area contributed by atoms with E-state index in [1.165, 1.54) is 27.2 Å². The number of ether oxygens (including phenoxy) is 4. The van der Waals surface area contributed by atoms with Crippen molar-refractivity contribution in [1.29, 1.82) is 0 Å². The lowest BCUT2D eigenvalue weighted by Gasteiger charge is -2.30. The zero-order valence-corrected chi connectivity index (χ0v) is 31.0. The lowest BCUT2D eigenvalue weighted by molar-refractivity contribution is -0.138. The van der Waals surface area contributed by atoms with E-state index in [0.717, 1.165) is 32.1 Å². The summed E-state index contributed by atoms with van der Waals surface area (Å²) in [7, 11) is 2.94. The highest BCUT2D eigenvalue weighted by Gasteiger charge is 2.34. The van der Waals surface area contributed by atoms with Crippen molar-refractivity contribution in [2.75, 3.05) is 53.7 Å². The molecule has 0 aromatic heterocycles. The fraction of sp³-hybridized carbons (Fsp3) is 0.595. The average molecular weight is 731 g/mol. The first-order valence-corrected chi connectivity index (χ1v) is 17.6. The minimum absolute atomic E-state index is 0.000765. The summed E-state index contributed by atoms with van der Waals surface area (Å²) < 4.78 is 22.1. The number of Topliss-reactive ketones (excluding diaryl/α,β-unsaturated/α-hetero) is 1. The van der Waals surface area contributed by atoms with Crippen LogP contribution in [0, 0.1) is 11.8 Å². The number of hydrogen-bond donors (Lipinski definition) is 4. The number of rotatable bonds is 11. The van der Waals surface area contributed by atoms with Crippen LogP contribution in [0.5, 0.6) is 0 Å². The standard InChI is InChI=1S/C37H54N4O11/c1-23-18-27-33(39-37(47)51-15-8-7-12-41-13-16-50-17-14-41)29(43)21-28(35(27)45)38-36(46)24(2)10-9-11-30(48-5)32(40-52-22-42)25(3)20-26(4)34(44)31(19-23)49-6/h9-11,20-23,26,30-32,34,40,44H,7-8,12-19H2,1-6H3,(H,38,46)(H,39,47)/b11-9-,24-10+,25-20+/t23-,26+,30+,31+,32+,34-/m1/s1. The van der Waals surface area contributed by atoms with Gasteiger partial charge in [0.05, 0.1) is 55.6 Å². The second kappa shape index (κ2) is 21.5. The van der Waals surface area contributed by atoms with Crippen LogP contribution >= 0.6 is 0 Å². The molecule has 0 spiro atoms. The Morgan fingerprint density at radius 1 is 1.12 bits per heavy atom. The monoisotopic (exact) mass is 730 g/mol. The zero-order valence-electron chi connectivity index (χ0n) is 31.0. The van der Waals surface area contributed by atoms with Gasteiger partial charge in [-0.25, -0.2) is 4.79 Å². The SMILES string of the molecule is CO[C@H]1/C=C\C=C(/C)C(=O)NC2=CC(=O)C(NC(=O)OCCCCN3CCOCC3)=C(C[C@@H](C)C[C@H](OC)[C@H](O)[C@@H](C)/C=C(\C)[C@@H]1NOC=O)C2=O. The van der Waals surface area contributed by atoms with Crippen LogP contribution in [0.1, 0.15) is 53.4 Å². The summed E-state index contributed by atoms with van der Waals surface area (Å²) in [5.74, 6) is -2.72. The molecule has 2 heterocycles. The van der Waals surface area contributed by atoms with Crippen LogP contribution in [0.15, 0.2) is 58.5 Å². The van der Waals surface area contributed by atoms with Gasteiger partial charge >= 0.3 is 12.6 Å². The van der Waals surface area contributed by atoms with Gasteiger partial charge < -0.3 is 34.2 Å². The normalized spacial score (nSPS) is 29.9. The molecule has 2 bridgehead atoms. The molecule has 3 rings (SSSR count). The Morgan fingerprint density at radius 2 is 1.85 bits per heavy atom. The summed E-state index contributed by atoms with van der Waals surface area (Å²) in [6, 6.07) is -0.654. The fourth-order valence-corrected chi connectivity index (χ4v) is 6.29. The molecular weight excluding hydrogens is 676 g/mol. The molecular formula is C37H54N4O11. The van der Waals surface area contributed by atoms with Crippen molar-refractivity contribution >= 4 is 30.0 Å². The van der Waals surface area contributed by atoms with Gasteiger partial charge in [0.15, 0.2) is 0 Å². The molecule has 3 aliphatic rings. The lowest BCUT2D eigenvalue weighted by atomic mass is 9.85. The van der Waals surface area contributed by atoms with Gasteiger partial charge in [-0.15, -0.1) is 5.48 Å². The molecule has 1 aliphatic carbocycles. The Bertz CT molecular complexity index is 1430. The Labute approximate surface area is 305 Å². The number of aliphatic hydroxyl groups is 1. The molecule has 0 saturated carbocycles. The van der Waals surface area contributed by atoms with Crippen molar-refractivity contribution in [3.8, 4) is 0 Å². The quantitative estimate of drug-likeness (QED) is 0.0797. The second-order valence-electron chi connectivity index (χ2n) is 13.3. The van der Waals surface area contributed by atoms with Crippen LogP contribution in [0.2, 0.25) is 0 Å². The maximum Gasteiger partial charge on any atom is 0.411 e. The molecule has 2 aliphatic heterocycles. The number of carbonyl (C=O) groups excluding carboxylic acids is 5. The van der Waals surface area contributed by atoms with Crippen molar-refractivity contribution < 1.29 is 52.9 Å². The van der Waals surface area contributed by atoms with Crippen molar-refractivity contribution in [3.05, 3.63) is 58.5 Å². The van der Waals surface area contributed by atoms with E-state index in [4.69, 9.17) is 23.8 Å². The second-order valence-corrected chi connectivity index (χ2v) is 13.3. The van der Waals surface area contributed by atoms with Gasteiger partial charge in [-0.3, -0.25) is 29.4 Å². The van der Waals surface area contributed by atoms with E-state index in [2.05, 4.69) is 21.0 Å². The van der Waals surface area contributed by atoms with E-state index in [1.807, 2.05) is 19.9 Å². The molecule has 1 fully saturated rings. The first-order valence-electron chi connectivity index (χ1n) is 17.6. The summed E-state index contributed by atoms with van der Waals surface area (Å²) in [6.07, 6.45) is 6.00. The number of aliphatic hydroxyl groups excluding tert-OH is 1. The highest BCUT2D eigenvalue weighted by molar-refractivity contribution is 6.24. The molecule has 0 aromatic rings. The first kappa shape index (κ1) is 42.4. The van der Waals surface area contributed by atoms with E-state index in [1.54, 1.807) is 19.1 Å². The van der Waals surface area contributed by atoms with Crippen molar-refractivity contribution in [2.24, 2.45) is 11.8 Å². The number of hydroxylamine groups is 1. The first-order chi connectivity index (χ1) is 24.9. The number of methoxy groups -OCH3 is 2. The van der Waals surface area contributed by atoms with Crippen LogP contribution in [0.25, 0.3) is 0 Å². The van der Waals surface area contributed by atoms with Crippen LogP contribution in [0.3, 0.4) is 0 Å². The maximum absolute atomic E-state index is 13.9. The Hall–Kier alpha value is -3.99. The van der Waals surface area contributed by atoms with Gasteiger partial charge in [0.25, 0.3) is 5.91 Å². The highest BCUT2D eigenvalue weighted by Crippen LogP contribution is 2.28. The molecule has 15 nitrogen and oxygen atoms in total. The Kier molecular flexibility index (Phi) is 17.6.